The summed E-state index contributed by atoms with van der Waals surface area (Å²) >= 11 is 0. The van der Waals surface area contributed by atoms with E-state index in [1.54, 1.807) is 11.7 Å². The van der Waals surface area contributed by atoms with E-state index in [1.165, 1.54) is 5.56 Å². The first-order chi connectivity index (χ1) is 12.1. The molecule has 1 aromatic carbocycles. The Hall–Kier alpha value is -2.41. The molecule has 0 radical (unpaired) electrons. The smallest absolute Gasteiger partial charge is 0.334 e. The molecular weight excluding hydrogens is 318 g/mol. The Kier molecular flexibility index (Phi) is 5.33. The summed E-state index contributed by atoms with van der Waals surface area (Å²) < 4.78 is 1.67. The van der Waals surface area contributed by atoms with Crippen molar-refractivity contribution in [3.63, 3.8) is 0 Å². The van der Waals surface area contributed by atoms with Crippen molar-refractivity contribution in [2.24, 2.45) is 7.05 Å². The highest BCUT2D eigenvalue weighted by molar-refractivity contribution is 5.61. The molecule has 134 valence electrons. The second-order valence-corrected chi connectivity index (χ2v) is 6.46. The molecule has 1 saturated heterocycles. The molecule has 0 spiro atoms. The van der Waals surface area contributed by atoms with E-state index >= 15 is 0 Å². The van der Waals surface area contributed by atoms with Crippen LogP contribution in [-0.2, 0) is 20.0 Å². The highest BCUT2D eigenvalue weighted by Gasteiger charge is 2.30. The van der Waals surface area contributed by atoms with Gasteiger partial charge in [-0.05, 0) is 18.4 Å². The minimum atomic E-state index is -0.284. The summed E-state index contributed by atoms with van der Waals surface area (Å²) in [5.74, 6) is 0.642. The van der Waals surface area contributed by atoms with Crippen molar-refractivity contribution in [3.05, 3.63) is 51.7 Å². The summed E-state index contributed by atoms with van der Waals surface area (Å²) in [4.78, 5) is 15.8. The summed E-state index contributed by atoms with van der Waals surface area (Å²) in [7, 11) is 1.80. The number of hydrogen-bond acceptors (Lipinski definition) is 5. The molecule has 1 aliphatic rings. The highest BCUT2D eigenvalue weighted by Crippen LogP contribution is 2.32. The molecular formula is C18H25N5O2. The maximum Gasteiger partial charge on any atom is 0.334 e. The molecule has 0 unspecified atom stereocenters. The van der Waals surface area contributed by atoms with Crippen molar-refractivity contribution in [1.82, 2.24) is 14.7 Å². The molecule has 1 aromatic heterocycles. The van der Waals surface area contributed by atoms with Crippen molar-refractivity contribution in [3.8, 4) is 0 Å². The van der Waals surface area contributed by atoms with Gasteiger partial charge < -0.3 is 4.90 Å². The maximum absolute atomic E-state index is 11.6. The van der Waals surface area contributed by atoms with Crippen LogP contribution in [0.15, 0.2) is 30.3 Å². The average Bonchev–Trinajstić information content (AvgIpc) is 2.78. The van der Waals surface area contributed by atoms with Gasteiger partial charge in [-0.2, -0.15) is 5.10 Å². The van der Waals surface area contributed by atoms with Crippen LogP contribution in [0.1, 0.15) is 24.6 Å². The van der Waals surface area contributed by atoms with Crippen molar-refractivity contribution < 1.29 is 4.92 Å². The Morgan fingerprint density at radius 2 is 1.92 bits per heavy atom. The molecule has 2 heterocycles. The Labute approximate surface area is 148 Å². The Balaban J connectivity index is 1.75. The van der Waals surface area contributed by atoms with Crippen molar-refractivity contribution in [1.29, 1.82) is 0 Å². The first kappa shape index (κ1) is 17.4. The van der Waals surface area contributed by atoms with E-state index in [2.05, 4.69) is 39.2 Å². The first-order valence-electron chi connectivity index (χ1n) is 8.81. The van der Waals surface area contributed by atoms with Crippen LogP contribution < -0.4 is 4.90 Å². The molecule has 0 amide bonds. The zero-order valence-corrected chi connectivity index (χ0v) is 14.9. The van der Waals surface area contributed by atoms with Crippen LogP contribution in [0, 0.1) is 10.1 Å². The Morgan fingerprint density at radius 1 is 1.16 bits per heavy atom. The maximum atomic E-state index is 11.6. The predicted molar refractivity (Wildman–Crippen MR) is 97.8 cm³/mol. The van der Waals surface area contributed by atoms with Crippen molar-refractivity contribution in [2.45, 2.75) is 26.3 Å². The van der Waals surface area contributed by atoms with Crippen LogP contribution in [0.5, 0.6) is 0 Å². The first-order valence-corrected chi connectivity index (χ1v) is 8.81. The van der Waals surface area contributed by atoms with Gasteiger partial charge in [0.05, 0.1) is 4.92 Å². The number of aromatic nitrogens is 2. The number of nitrogens with zero attached hydrogens (tertiary/aromatic N) is 5. The second kappa shape index (κ2) is 7.65. The molecule has 0 N–H and O–H groups in total. The van der Waals surface area contributed by atoms with Crippen LogP contribution in [0.25, 0.3) is 0 Å². The predicted octanol–water partition coefficient (Wildman–Crippen LogP) is 2.60. The normalized spacial score (nSPS) is 16.0. The molecule has 7 nitrogen and oxygen atoms in total. The molecule has 1 aliphatic heterocycles. The summed E-state index contributed by atoms with van der Waals surface area (Å²) in [6.07, 6.45) is 1.55. The second-order valence-electron chi connectivity index (χ2n) is 6.46. The number of rotatable bonds is 5. The van der Waals surface area contributed by atoms with Gasteiger partial charge in [-0.25, -0.2) is 4.68 Å². The largest absolute Gasteiger partial charge is 0.350 e. The third kappa shape index (κ3) is 3.82. The van der Waals surface area contributed by atoms with E-state index in [0.717, 1.165) is 39.1 Å². The lowest BCUT2D eigenvalue weighted by Crippen LogP contribution is -2.31. The van der Waals surface area contributed by atoms with Gasteiger partial charge in [0.2, 0.25) is 5.82 Å². The fraction of sp³-hybridized carbons (Fsp3) is 0.500. The van der Waals surface area contributed by atoms with Crippen LogP contribution in [0.2, 0.25) is 0 Å². The summed E-state index contributed by atoms with van der Waals surface area (Å²) in [6.45, 7) is 6.30. The van der Waals surface area contributed by atoms with Crippen LogP contribution in [0.3, 0.4) is 0 Å². The molecule has 0 aliphatic carbocycles. The number of nitro groups is 1. The minimum Gasteiger partial charge on any atom is -0.350 e. The molecule has 0 atom stereocenters. The summed E-state index contributed by atoms with van der Waals surface area (Å²) in [5.41, 5.74) is 2.03. The van der Waals surface area contributed by atoms with Gasteiger partial charge >= 0.3 is 5.69 Å². The minimum absolute atomic E-state index is 0.168. The molecule has 0 bridgehead atoms. The zero-order chi connectivity index (χ0) is 17.8. The molecule has 25 heavy (non-hydrogen) atoms. The number of aryl methyl sites for hydroxylation is 2. The molecule has 2 aromatic rings. The lowest BCUT2D eigenvalue weighted by molar-refractivity contribution is -0.384. The quantitative estimate of drug-likeness (QED) is 0.617. The van der Waals surface area contributed by atoms with E-state index in [4.69, 9.17) is 0 Å². The molecule has 7 heteroatoms. The lowest BCUT2D eigenvalue weighted by Gasteiger charge is -2.23. The fourth-order valence-corrected chi connectivity index (χ4v) is 3.52. The van der Waals surface area contributed by atoms with Gasteiger partial charge in [-0.1, -0.05) is 37.3 Å². The van der Waals surface area contributed by atoms with Gasteiger partial charge in [0.25, 0.3) is 0 Å². The van der Waals surface area contributed by atoms with Gasteiger partial charge in [-0.3, -0.25) is 15.0 Å². The molecule has 0 saturated carbocycles. The number of benzene rings is 1. The van der Waals surface area contributed by atoms with E-state index in [-0.39, 0.29) is 10.6 Å². The van der Waals surface area contributed by atoms with E-state index in [0.29, 0.717) is 17.9 Å². The van der Waals surface area contributed by atoms with Gasteiger partial charge in [0.1, 0.15) is 5.69 Å². The summed E-state index contributed by atoms with van der Waals surface area (Å²) in [6, 6.07) is 10.4. The standard InChI is InChI=1S/C18H25N5O2/c1-3-16-17(23(24)25)18(20(2)19-16)22-11-7-10-21(12-13-22)14-15-8-5-4-6-9-15/h4-6,8-9H,3,7,10-14H2,1-2H3. The number of hydrogen-bond donors (Lipinski definition) is 0. The Bertz CT molecular complexity index is 729. The zero-order valence-electron chi connectivity index (χ0n) is 14.9. The molecule has 1 fully saturated rings. The third-order valence-electron chi connectivity index (χ3n) is 4.72. The van der Waals surface area contributed by atoms with E-state index < -0.39 is 0 Å². The number of anilines is 1. The third-order valence-corrected chi connectivity index (χ3v) is 4.72. The summed E-state index contributed by atoms with van der Waals surface area (Å²) in [5, 5.41) is 15.9. The lowest BCUT2D eigenvalue weighted by atomic mass is 10.2. The molecule has 3 rings (SSSR count). The Morgan fingerprint density at radius 3 is 2.60 bits per heavy atom. The topological polar surface area (TPSA) is 67.4 Å². The fourth-order valence-electron chi connectivity index (χ4n) is 3.52. The van der Waals surface area contributed by atoms with Gasteiger partial charge in [0, 0.05) is 39.8 Å². The van der Waals surface area contributed by atoms with Gasteiger partial charge in [-0.15, -0.1) is 0 Å². The van der Waals surface area contributed by atoms with Crippen LogP contribution in [0.4, 0.5) is 11.5 Å². The van der Waals surface area contributed by atoms with E-state index in [1.807, 2.05) is 13.0 Å². The van der Waals surface area contributed by atoms with Crippen molar-refractivity contribution >= 4 is 11.5 Å². The SMILES string of the molecule is CCc1nn(C)c(N2CCCN(Cc3ccccc3)CC2)c1[N+](=O)[O-]. The van der Waals surface area contributed by atoms with E-state index in [9.17, 15) is 10.1 Å². The monoisotopic (exact) mass is 343 g/mol. The average molecular weight is 343 g/mol. The van der Waals surface area contributed by atoms with Crippen LogP contribution >= 0.6 is 0 Å². The van der Waals surface area contributed by atoms with Crippen molar-refractivity contribution in [2.75, 3.05) is 31.1 Å². The van der Waals surface area contributed by atoms with Gasteiger partial charge in [0.15, 0.2) is 0 Å². The highest BCUT2D eigenvalue weighted by atomic mass is 16.6. The van der Waals surface area contributed by atoms with Crippen LogP contribution in [-0.4, -0.2) is 45.8 Å².